The van der Waals surface area contributed by atoms with Gasteiger partial charge in [0.15, 0.2) is 11.2 Å². The number of carboxylic acid groups (broad SMARTS) is 1. The summed E-state index contributed by atoms with van der Waals surface area (Å²) in [7, 11) is 0. The summed E-state index contributed by atoms with van der Waals surface area (Å²) in [5.41, 5.74) is -0.0538. The van der Waals surface area contributed by atoms with Crippen molar-refractivity contribution < 1.29 is 19.1 Å². The Morgan fingerprint density at radius 3 is 2.71 bits per heavy atom. The van der Waals surface area contributed by atoms with E-state index in [1.807, 2.05) is 6.92 Å². The number of hydrogen-bond acceptors (Lipinski definition) is 4. The summed E-state index contributed by atoms with van der Waals surface area (Å²) in [6, 6.07) is 6.63. The number of amides is 1. The van der Waals surface area contributed by atoms with Crippen LogP contribution in [0.4, 0.5) is 0 Å². The molecule has 6 heteroatoms. The molecule has 0 unspecified atom stereocenters. The predicted molar refractivity (Wildman–Crippen MR) is 76.3 cm³/mol. The van der Waals surface area contributed by atoms with Crippen LogP contribution in [-0.2, 0) is 4.79 Å². The molecule has 0 aliphatic heterocycles. The van der Waals surface area contributed by atoms with E-state index in [1.165, 1.54) is 0 Å². The summed E-state index contributed by atoms with van der Waals surface area (Å²) in [5.74, 6) is -2.02. The number of carbonyl (C=O) groups is 2. The van der Waals surface area contributed by atoms with Gasteiger partial charge in [-0.25, -0.2) is 4.79 Å². The molecule has 0 saturated heterocycles. The van der Waals surface area contributed by atoms with E-state index in [0.29, 0.717) is 18.2 Å². The summed E-state index contributed by atoms with van der Waals surface area (Å²) >= 11 is 0. The molecule has 0 bridgehead atoms. The number of carbonyl (C=O) groups excluding carboxylic acids is 1. The number of rotatable bonds is 5. The van der Waals surface area contributed by atoms with Crippen LogP contribution in [0.2, 0.25) is 0 Å². The molecule has 110 valence electrons. The number of fused-ring (bicyclic) bond motifs is 1. The second-order valence-electron chi connectivity index (χ2n) is 4.62. The number of para-hydroxylation sites is 1. The number of hydrogen-bond donors (Lipinski definition) is 2. The van der Waals surface area contributed by atoms with Crippen molar-refractivity contribution in [2.45, 2.75) is 25.8 Å². The Morgan fingerprint density at radius 2 is 2.05 bits per heavy atom. The lowest BCUT2D eigenvalue weighted by molar-refractivity contribution is -0.139. The molecule has 2 aromatic rings. The highest BCUT2D eigenvalue weighted by Gasteiger charge is 2.21. The molecule has 6 nitrogen and oxygen atoms in total. The molecule has 1 aromatic heterocycles. The first kappa shape index (κ1) is 14.8. The molecule has 0 aliphatic carbocycles. The molecule has 1 heterocycles. The third kappa shape index (κ3) is 3.28. The van der Waals surface area contributed by atoms with Crippen molar-refractivity contribution in [3.63, 3.8) is 0 Å². The van der Waals surface area contributed by atoms with Crippen LogP contribution in [0, 0.1) is 0 Å². The number of carboxylic acids is 1. The van der Waals surface area contributed by atoms with Gasteiger partial charge < -0.3 is 14.8 Å². The fraction of sp³-hybridized carbons (Fsp3) is 0.267. The van der Waals surface area contributed by atoms with Gasteiger partial charge in [-0.1, -0.05) is 25.5 Å². The van der Waals surface area contributed by atoms with E-state index < -0.39 is 17.9 Å². The van der Waals surface area contributed by atoms with Crippen LogP contribution in [-0.4, -0.2) is 23.0 Å². The molecule has 1 amide bonds. The molecule has 0 spiro atoms. The second kappa shape index (κ2) is 6.21. The van der Waals surface area contributed by atoms with Crippen molar-refractivity contribution >= 4 is 22.8 Å². The van der Waals surface area contributed by atoms with Crippen molar-refractivity contribution in [3.8, 4) is 0 Å². The maximum Gasteiger partial charge on any atom is 0.326 e. The Bertz CT molecular complexity index is 734. The first-order chi connectivity index (χ1) is 10.0. The standard InChI is InChI=1S/C15H15NO5/c1-2-5-10(15(19)20)16-14(18)13-8-11(17)9-6-3-4-7-12(9)21-13/h3-4,6-8,10H,2,5H2,1H3,(H,16,18)(H,19,20)/t10-/m0/s1. The molecule has 0 fully saturated rings. The van der Waals surface area contributed by atoms with Crippen molar-refractivity contribution in [1.29, 1.82) is 0 Å². The van der Waals surface area contributed by atoms with Gasteiger partial charge in [0.05, 0.1) is 5.39 Å². The first-order valence-corrected chi connectivity index (χ1v) is 6.59. The van der Waals surface area contributed by atoms with Gasteiger partial charge in [0, 0.05) is 6.07 Å². The Kier molecular flexibility index (Phi) is 4.37. The quantitative estimate of drug-likeness (QED) is 0.874. The minimum Gasteiger partial charge on any atom is -0.480 e. The maximum atomic E-state index is 12.0. The normalized spacial score (nSPS) is 12.0. The van der Waals surface area contributed by atoms with Crippen molar-refractivity contribution in [1.82, 2.24) is 5.32 Å². The molecule has 0 saturated carbocycles. The fourth-order valence-electron chi connectivity index (χ4n) is 1.99. The lowest BCUT2D eigenvalue weighted by Gasteiger charge is -2.12. The molecule has 0 radical (unpaired) electrons. The van der Waals surface area contributed by atoms with E-state index >= 15 is 0 Å². The van der Waals surface area contributed by atoms with Gasteiger partial charge in [0.25, 0.3) is 5.91 Å². The second-order valence-corrected chi connectivity index (χ2v) is 4.62. The topological polar surface area (TPSA) is 96.6 Å². The molecule has 1 atom stereocenters. The summed E-state index contributed by atoms with van der Waals surface area (Å²) in [5, 5.41) is 11.7. The fourth-order valence-corrected chi connectivity index (χ4v) is 1.99. The van der Waals surface area contributed by atoms with Gasteiger partial charge in [-0.05, 0) is 18.6 Å². The highest BCUT2D eigenvalue weighted by Crippen LogP contribution is 2.12. The van der Waals surface area contributed by atoms with E-state index in [9.17, 15) is 14.4 Å². The SMILES string of the molecule is CCC[C@H](NC(=O)c1cc(=O)c2ccccc2o1)C(=O)O. The van der Waals surface area contributed by atoms with E-state index in [1.54, 1.807) is 24.3 Å². The van der Waals surface area contributed by atoms with Crippen LogP contribution < -0.4 is 10.7 Å². The number of aliphatic carboxylic acids is 1. The minimum absolute atomic E-state index is 0.193. The average molecular weight is 289 g/mol. The van der Waals surface area contributed by atoms with Gasteiger partial charge in [0.2, 0.25) is 0 Å². The lowest BCUT2D eigenvalue weighted by Crippen LogP contribution is -2.40. The zero-order valence-corrected chi connectivity index (χ0v) is 11.5. The van der Waals surface area contributed by atoms with Crippen LogP contribution >= 0.6 is 0 Å². The van der Waals surface area contributed by atoms with Gasteiger partial charge >= 0.3 is 5.97 Å². The van der Waals surface area contributed by atoms with Crippen molar-refractivity contribution in [2.75, 3.05) is 0 Å². The van der Waals surface area contributed by atoms with E-state index in [0.717, 1.165) is 6.07 Å². The van der Waals surface area contributed by atoms with Gasteiger partial charge in [-0.15, -0.1) is 0 Å². The molecule has 2 rings (SSSR count). The third-order valence-corrected chi connectivity index (χ3v) is 3.04. The summed E-state index contributed by atoms with van der Waals surface area (Å²) in [4.78, 5) is 34.9. The summed E-state index contributed by atoms with van der Waals surface area (Å²) in [6.45, 7) is 1.82. The largest absolute Gasteiger partial charge is 0.480 e. The van der Waals surface area contributed by atoms with Crippen LogP contribution in [0.3, 0.4) is 0 Å². The van der Waals surface area contributed by atoms with E-state index in [-0.39, 0.29) is 16.8 Å². The summed E-state index contributed by atoms with van der Waals surface area (Å²) < 4.78 is 5.36. The maximum absolute atomic E-state index is 12.0. The molecular formula is C15H15NO5. The van der Waals surface area contributed by atoms with E-state index in [4.69, 9.17) is 9.52 Å². The van der Waals surface area contributed by atoms with Crippen molar-refractivity contribution in [3.05, 3.63) is 46.3 Å². The molecule has 2 N–H and O–H groups in total. The smallest absolute Gasteiger partial charge is 0.326 e. The monoisotopic (exact) mass is 289 g/mol. The van der Waals surface area contributed by atoms with Gasteiger partial charge in [-0.3, -0.25) is 9.59 Å². The van der Waals surface area contributed by atoms with Gasteiger partial charge in [-0.2, -0.15) is 0 Å². The Morgan fingerprint density at radius 1 is 1.33 bits per heavy atom. The molecule has 21 heavy (non-hydrogen) atoms. The van der Waals surface area contributed by atoms with E-state index in [2.05, 4.69) is 5.32 Å². The third-order valence-electron chi connectivity index (χ3n) is 3.04. The van der Waals surface area contributed by atoms with Crippen LogP contribution in [0.15, 0.2) is 39.5 Å². The first-order valence-electron chi connectivity index (χ1n) is 6.59. The lowest BCUT2D eigenvalue weighted by atomic mass is 10.1. The highest BCUT2D eigenvalue weighted by atomic mass is 16.4. The Labute approximate surface area is 120 Å². The molecular weight excluding hydrogens is 274 g/mol. The van der Waals surface area contributed by atoms with Gasteiger partial charge in [0.1, 0.15) is 11.6 Å². The summed E-state index contributed by atoms with van der Waals surface area (Å²) in [6.07, 6.45) is 0.914. The molecule has 1 aromatic carbocycles. The Hall–Kier alpha value is -2.63. The minimum atomic E-state index is -1.12. The highest BCUT2D eigenvalue weighted by molar-refractivity contribution is 5.95. The van der Waals surface area contributed by atoms with Crippen molar-refractivity contribution in [2.24, 2.45) is 0 Å². The van der Waals surface area contributed by atoms with Crippen LogP contribution in [0.1, 0.15) is 30.3 Å². The zero-order chi connectivity index (χ0) is 15.4. The zero-order valence-electron chi connectivity index (χ0n) is 11.5. The molecule has 0 aliphatic rings. The Balaban J connectivity index is 2.31. The number of nitrogens with one attached hydrogen (secondary N) is 1. The predicted octanol–water partition coefficient (Wildman–Crippen LogP) is 1.78. The average Bonchev–Trinajstić information content (AvgIpc) is 2.46. The van der Waals surface area contributed by atoms with Crippen LogP contribution in [0.25, 0.3) is 11.0 Å². The van der Waals surface area contributed by atoms with Crippen LogP contribution in [0.5, 0.6) is 0 Å². The number of benzene rings is 1.